The molecule has 0 bridgehead atoms. The summed E-state index contributed by atoms with van der Waals surface area (Å²) < 4.78 is 0. The summed E-state index contributed by atoms with van der Waals surface area (Å²) in [5.41, 5.74) is 2.67. The average Bonchev–Trinajstić information content (AvgIpc) is 2.85. The van der Waals surface area contributed by atoms with E-state index in [1.807, 2.05) is 0 Å². The van der Waals surface area contributed by atoms with Crippen LogP contribution in [0.3, 0.4) is 0 Å². The van der Waals surface area contributed by atoms with Crippen molar-refractivity contribution in [1.29, 1.82) is 0 Å². The maximum Gasteiger partial charge on any atom is 0.0658 e. The van der Waals surface area contributed by atoms with Gasteiger partial charge >= 0.3 is 0 Å². The number of hydrogen-bond donors (Lipinski definition) is 1. The number of nitrogens with zero attached hydrogens (tertiary/aromatic N) is 1. The largest absolute Gasteiger partial charge is 0.361 e. The molecular weight excluding hydrogens is 264 g/mol. The van der Waals surface area contributed by atoms with Crippen LogP contribution < -0.4 is 0 Å². The van der Waals surface area contributed by atoms with Gasteiger partial charge in [-0.3, -0.25) is 4.90 Å². The molecule has 2 atom stereocenters. The molecule has 1 saturated heterocycles. The third kappa shape index (κ3) is 1.50. The lowest BCUT2D eigenvalue weighted by atomic mass is 10.0. The molecule has 2 unspecified atom stereocenters. The molecule has 1 aliphatic rings. The maximum absolute atomic E-state index is 3.71. The number of aromatic nitrogens is 1. The maximum atomic E-state index is 3.71. The predicted octanol–water partition coefficient (Wildman–Crippen LogP) is 3.66. The van der Waals surface area contributed by atoms with E-state index in [2.05, 4.69) is 63.3 Å². The highest BCUT2D eigenvalue weighted by molar-refractivity contribution is 9.09. The molecule has 0 aliphatic carbocycles. The fourth-order valence-electron chi connectivity index (χ4n) is 2.64. The first-order chi connectivity index (χ1) is 7.77. The highest BCUT2D eigenvalue weighted by Crippen LogP contribution is 2.39. The second kappa shape index (κ2) is 3.90. The second-order valence-electron chi connectivity index (χ2n) is 4.48. The van der Waals surface area contributed by atoms with Gasteiger partial charge in [-0.1, -0.05) is 34.1 Å². The number of halogens is 1. The molecule has 84 valence electrons. The summed E-state index contributed by atoms with van der Waals surface area (Å²) >= 11 is 3.71. The minimum Gasteiger partial charge on any atom is -0.361 e. The number of rotatable bonds is 1. The Bertz CT molecular complexity index is 505. The molecule has 0 spiro atoms. The van der Waals surface area contributed by atoms with E-state index in [0.29, 0.717) is 11.0 Å². The lowest BCUT2D eigenvalue weighted by Crippen LogP contribution is -2.22. The van der Waals surface area contributed by atoms with Crippen LogP contribution >= 0.6 is 15.9 Å². The molecule has 1 aromatic heterocycles. The van der Waals surface area contributed by atoms with Crippen molar-refractivity contribution < 1.29 is 0 Å². The summed E-state index contributed by atoms with van der Waals surface area (Å²) in [7, 11) is 2.19. The number of H-pyrrole nitrogens is 1. The Labute approximate surface area is 104 Å². The van der Waals surface area contributed by atoms with Crippen LogP contribution in [0, 0.1) is 0 Å². The Morgan fingerprint density at radius 1 is 1.31 bits per heavy atom. The molecule has 1 N–H and O–H groups in total. The molecule has 0 amide bonds. The molecule has 2 aromatic rings. The Kier molecular flexibility index (Phi) is 2.52. The number of alkyl halides is 1. The van der Waals surface area contributed by atoms with Crippen LogP contribution in [0.15, 0.2) is 30.5 Å². The molecule has 1 aromatic carbocycles. The van der Waals surface area contributed by atoms with Crippen LogP contribution in [0.4, 0.5) is 0 Å². The average molecular weight is 279 g/mol. The van der Waals surface area contributed by atoms with E-state index in [1.165, 1.54) is 29.3 Å². The van der Waals surface area contributed by atoms with Crippen molar-refractivity contribution in [1.82, 2.24) is 9.88 Å². The van der Waals surface area contributed by atoms with E-state index in [9.17, 15) is 0 Å². The summed E-state index contributed by atoms with van der Waals surface area (Å²) in [6.07, 6.45) is 4.62. The van der Waals surface area contributed by atoms with Crippen LogP contribution in [0.2, 0.25) is 0 Å². The zero-order chi connectivity index (χ0) is 11.1. The Morgan fingerprint density at radius 2 is 2.12 bits per heavy atom. The minimum absolute atomic E-state index is 0.520. The fraction of sp³-hybridized carbons (Fsp3) is 0.385. The van der Waals surface area contributed by atoms with Gasteiger partial charge in [0.2, 0.25) is 0 Å². The number of para-hydroxylation sites is 1. The van der Waals surface area contributed by atoms with E-state index >= 15 is 0 Å². The second-order valence-corrected chi connectivity index (χ2v) is 5.54. The molecule has 2 nitrogen and oxygen atoms in total. The van der Waals surface area contributed by atoms with Gasteiger partial charge in [-0.15, -0.1) is 0 Å². The lowest BCUT2D eigenvalue weighted by molar-refractivity contribution is 0.304. The smallest absolute Gasteiger partial charge is 0.0658 e. The SMILES string of the molecule is CN1C(Br)CCC1c1c[nH]c2ccccc12. The van der Waals surface area contributed by atoms with Gasteiger partial charge in [-0.2, -0.15) is 0 Å². The standard InChI is InChI=1S/C13H15BrN2/c1-16-12(6-7-13(16)14)10-8-15-11-5-3-2-4-9(10)11/h2-5,8,12-13,15H,6-7H2,1H3. The zero-order valence-corrected chi connectivity index (χ0v) is 10.9. The Hall–Kier alpha value is -0.800. The summed E-state index contributed by atoms with van der Waals surface area (Å²) in [5.74, 6) is 0. The van der Waals surface area contributed by atoms with Crippen LogP contribution in [0.1, 0.15) is 24.4 Å². The van der Waals surface area contributed by atoms with Crippen molar-refractivity contribution in [3.05, 3.63) is 36.0 Å². The molecule has 1 aliphatic heterocycles. The van der Waals surface area contributed by atoms with Gasteiger partial charge < -0.3 is 4.98 Å². The fourth-order valence-corrected chi connectivity index (χ4v) is 3.19. The van der Waals surface area contributed by atoms with Crippen molar-refractivity contribution in [3.8, 4) is 0 Å². The van der Waals surface area contributed by atoms with Crippen LogP contribution in [-0.2, 0) is 0 Å². The summed E-state index contributed by atoms with van der Waals surface area (Å²) in [6.45, 7) is 0. The number of aromatic amines is 1. The van der Waals surface area contributed by atoms with Gasteiger partial charge in [0.15, 0.2) is 0 Å². The number of nitrogens with one attached hydrogen (secondary N) is 1. The lowest BCUT2D eigenvalue weighted by Gasteiger charge is -2.21. The van der Waals surface area contributed by atoms with Crippen molar-refractivity contribution in [2.75, 3.05) is 7.05 Å². The summed E-state index contributed by atoms with van der Waals surface area (Å²) in [4.78, 5) is 6.29. The molecule has 16 heavy (non-hydrogen) atoms. The summed E-state index contributed by atoms with van der Waals surface area (Å²) in [5, 5.41) is 1.36. The summed E-state index contributed by atoms with van der Waals surface area (Å²) in [6, 6.07) is 9.07. The highest BCUT2D eigenvalue weighted by atomic mass is 79.9. The Balaban J connectivity index is 2.06. The molecule has 2 heterocycles. The quantitative estimate of drug-likeness (QED) is 0.623. The number of hydrogen-bond acceptors (Lipinski definition) is 1. The van der Waals surface area contributed by atoms with E-state index in [1.54, 1.807) is 0 Å². The molecule has 0 radical (unpaired) electrons. The number of fused-ring (bicyclic) bond motifs is 1. The molecule has 0 saturated carbocycles. The first kappa shape index (κ1) is 10.4. The third-order valence-electron chi connectivity index (χ3n) is 3.59. The van der Waals surface area contributed by atoms with E-state index in [-0.39, 0.29) is 0 Å². The van der Waals surface area contributed by atoms with E-state index in [0.717, 1.165) is 0 Å². The van der Waals surface area contributed by atoms with Crippen LogP contribution in [-0.4, -0.2) is 21.9 Å². The normalized spacial score (nSPS) is 26.6. The third-order valence-corrected chi connectivity index (χ3v) is 4.70. The molecule has 3 rings (SSSR count). The van der Waals surface area contributed by atoms with Crippen molar-refractivity contribution >= 4 is 26.8 Å². The molecular formula is C13H15BrN2. The van der Waals surface area contributed by atoms with Gasteiger partial charge in [0.25, 0.3) is 0 Å². The minimum atomic E-state index is 0.520. The van der Waals surface area contributed by atoms with Crippen molar-refractivity contribution in [2.45, 2.75) is 23.8 Å². The topological polar surface area (TPSA) is 19.0 Å². The molecule has 1 fully saturated rings. The number of benzene rings is 1. The van der Waals surface area contributed by atoms with Gasteiger partial charge in [0.1, 0.15) is 0 Å². The van der Waals surface area contributed by atoms with Crippen LogP contribution in [0.5, 0.6) is 0 Å². The van der Waals surface area contributed by atoms with Crippen molar-refractivity contribution in [2.24, 2.45) is 0 Å². The monoisotopic (exact) mass is 278 g/mol. The van der Waals surface area contributed by atoms with Gasteiger partial charge in [0, 0.05) is 23.1 Å². The Morgan fingerprint density at radius 3 is 2.88 bits per heavy atom. The van der Waals surface area contributed by atoms with E-state index < -0.39 is 0 Å². The number of likely N-dealkylation sites (tertiary alicyclic amines) is 1. The molecule has 3 heteroatoms. The first-order valence-electron chi connectivity index (χ1n) is 5.69. The van der Waals surface area contributed by atoms with Crippen LogP contribution in [0.25, 0.3) is 10.9 Å². The van der Waals surface area contributed by atoms with E-state index in [4.69, 9.17) is 0 Å². The zero-order valence-electron chi connectivity index (χ0n) is 9.28. The van der Waals surface area contributed by atoms with Gasteiger partial charge in [0.05, 0.1) is 4.95 Å². The highest BCUT2D eigenvalue weighted by Gasteiger charge is 2.30. The predicted molar refractivity (Wildman–Crippen MR) is 70.8 cm³/mol. The van der Waals surface area contributed by atoms with Gasteiger partial charge in [-0.05, 0) is 31.5 Å². The first-order valence-corrected chi connectivity index (χ1v) is 6.61. The van der Waals surface area contributed by atoms with Crippen molar-refractivity contribution in [3.63, 3.8) is 0 Å². The van der Waals surface area contributed by atoms with Gasteiger partial charge in [-0.25, -0.2) is 0 Å².